The van der Waals surface area contributed by atoms with Gasteiger partial charge >= 0.3 is 0 Å². The molecular weight excluding hydrogens is 322 g/mol. The minimum absolute atomic E-state index is 0.730. The van der Waals surface area contributed by atoms with E-state index in [1.54, 1.807) is 0 Å². The largest absolute Gasteiger partial charge is 0.381 e. The first kappa shape index (κ1) is 14.4. The van der Waals surface area contributed by atoms with Crippen molar-refractivity contribution in [1.82, 2.24) is 0 Å². The molecule has 1 nitrogen and oxygen atoms in total. The summed E-state index contributed by atoms with van der Waals surface area (Å²) in [6.07, 6.45) is 0. The van der Waals surface area contributed by atoms with Gasteiger partial charge in [0.1, 0.15) is 0 Å². The molecule has 2 aromatic carbocycles. The zero-order valence-corrected chi connectivity index (χ0v) is 13.7. The summed E-state index contributed by atoms with van der Waals surface area (Å²) in [7, 11) is 0. The maximum absolute atomic E-state index is 5.99. The molecule has 0 unspecified atom stereocenters. The number of halogens is 2. The quantitative estimate of drug-likeness (QED) is 0.763. The SMILES string of the molecule is Cc1cc(C)c(CNc2ccc(Cl)c(Br)c2)cc1C. The molecule has 0 aliphatic carbocycles. The van der Waals surface area contributed by atoms with E-state index in [0.29, 0.717) is 0 Å². The average molecular weight is 339 g/mol. The van der Waals surface area contributed by atoms with Crippen LogP contribution in [0.5, 0.6) is 0 Å². The molecule has 0 saturated heterocycles. The summed E-state index contributed by atoms with van der Waals surface area (Å²) >= 11 is 9.42. The highest BCUT2D eigenvalue weighted by atomic mass is 79.9. The lowest BCUT2D eigenvalue weighted by Crippen LogP contribution is -2.02. The number of hydrogen-bond acceptors (Lipinski definition) is 1. The van der Waals surface area contributed by atoms with Gasteiger partial charge < -0.3 is 5.32 Å². The van der Waals surface area contributed by atoms with Crippen molar-refractivity contribution in [2.45, 2.75) is 27.3 Å². The third-order valence-electron chi connectivity index (χ3n) is 3.35. The van der Waals surface area contributed by atoms with Gasteiger partial charge in [0.05, 0.1) is 5.02 Å². The van der Waals surface area contributed by atoms with Crippen LogP contribution >= 0.6 is 27.5 Å². The average Bonchev–Trinajstić information content (AvgIpc) is 2.36. The van der Waals surface area contributed by atoms with Crippen LogP contribution in [0.3, 0.4) is 0 Å². The molecule has 0 aromatic heterocycles. The van der Waals surface area contributed by atoms with Crippen LogP contribution in [0.2, 0.25) is 5.02 Å². The zero-order chi connectivity index (χ0) is 14.0. The molecule has 0 saturated carbocycles. The van der Waals surface area contributed by atoms with Crippen LogP contribution in [-0.2, 0) is 6.54 Å². The topological polar surface area (TPSA) is 12.0 Å². The second kappa shape index (κ2) is 5.98. The number of aryl methyl sites for hydroxylation is 3. The van der Waals surface area contributed by atoms with E-state index in [9.17, 15) is 0 Å². The van der Waals surface area contributed by atoms with E-state index in [-0.39, 0.29) is 0 Å². The summed E-state index contributed by atoms with van der Waals surface area (Å²) < 4.78 is 0.913. The van der Waals surface area contributed by atoms with Crippen LogP contribution in [0, 0.1) is 20.8 Å². The first-order valence-electron chi connectivity index (χ1n) is 6.23. The standard InChI is InChI=1S/C16H17BrClN/c1-10-6-12(3)13(7-11(10)2)9-19-14-4-5-16(18)15(17)8-14/h4-8,19H,9H2,1-3H3. The highest BCUT2D eigenvalue weighted by molar-refractivity contribution is 9.10. The van der Waals surface area contributed by atoms with Crippen molar-refractivity contribution >= 4 is 33.2 Å². The van der Waals surface area contributed by atoms with Gasteiger partial charge in [0.2, 0.25) is 0 Å². The summed E-state index contributed by atoms with van der Waals surface area (Å²) in [5.41, 5.74) is 6.39. The summed E-state index contributed by atoms with van der Waals surface area (Å²) in [5.74, 6) is 0. The van der Waals surface area contributed by atoms with Crippen LogP contribution in [0.1, 0.15) is 22.3 Å². The van der Waals surface area contributed by atoms with E-state index in [1.807, 2.05) is 18.2 Å². The fraction of sp³-hybridized carbons (Fsp3) is 0.250. The predicted molar refractivity (Wildman–Crippen MR) is 87.1 cm³/mol. The van der Waals surface area contributed by atoms with Gasteiger partial charge in [-0.3, -0.25) is 0 Å². The molecule has 100 valence electrons. The molecule has 2 aromatic rings. The van der Waals surface area contributed by atoms with E-state index in [2.05, 4.69) is 54.2 Å². The van der Waals surface area contributed by atoms with Gasteiger partial charge in [0.25, 0.3) is 0 Å². The Hall–Kier alpha value is -0.990. The highest BCUT2D eigenvalue weighted by Crippen LogP contribution is 2.26. The molecule has 0 aliphatic heterocycles. The first-order chi connectivity index (χ1) is 8.97. The number of nitrogens with one attached hydrogen (secondary N) is 1. The maximum Gasteiger partial charge on any atom is 0.0549 e. The minimum atomic E-state index is 0.730. The predicted octanol–water partition coefficient (Wildman–Crippen LogP) is 5.64. The number of rotatable bonds is 3. The van der Waals surface area contributed by atoms with Crippen LogP contribution in [0.25, 0.3) is 0 Å². The van der Waals surface area contributed by atoms with Crippen molar-refractivity contribution in [3.8, 4) is 0 Å². The van der Waals surface area contributed by atoms with Gasteiger partial charge in [-0.2, -0.15) is 0 Å². The van der Waals surface area contributed by atoms with Crippen LogP contribution in [0.15, 0.2) is 34.8 Å². The fourth-order valence-electron chi connectivity index (χ4n) is 2.01. The lowest BCUT2D eigenvalue weighted by atomic mass is 10.0. The Morgan fingerprint density at radius 1 is 1.00 bits per heavy atom. The van der Waals surface area contributed by atoms with E-state index in [0.717, 1.165) is 21.7 Å². The van der Waals surface area contributed by atoms with Gasteiger partial charge in [-0.1, -0.05) is 23.7 Å². The first-order valence-corrected chi connectivity index (χ1v) is 7.40. The van der Waals surface area contributed by atoms with Crippen molar-refractivity contribution in [3.05, 3.63) is 62.1 Å². The molecule has 0 radical (unpaired) electrons. The third kappa shape index (κ3) is 3.52. The maximum atomic E-state index is 5.99. The molecule has 0 aliphatic rings. The van der Waals surface area contributed by atoms with Gasteiger partial charge in [-0.05, 0) is 77.2 Å². The summed E-state index contributed by atoms with van der Waals surface area (Å²) in [6, 6.07) is 10.4. The lowest BCUT2D eigenvalue weighted by molar-refractivity contribution is 1.10. The second-order valence-electron chi connectivity index (χ2n) is 4.85. The minimum Gasteiger partial charge on any atom is -0.381 e. The van der Waals surface area contributed by atoms with Crippen LogP contribution in [0.4, 0.5) is 5.69 Å². The van der Waals surface area contributed by atoms with Crippen molar-refractivity contribution < 1.29 is 0 Å². The van der Waals surface area contributed by atoms with Crippen molar-refractivity contribution in [3.63, 3.8) is 0 Å². The van der Waals surface area contributed by atoms with E-state index in [1.165, 1.54) is 22.3 Å². The molecule has 0 spiro atoms. The van der Waals surface area contributed by atoms with Gasteiger partial charge in [0.15, 0.2) is 0 Å². The molecule has 0 amide bonds. The number of benzene rings is 2. The highest BCUT2D eigenvalue weighted by Gasteiger charge is 2.03. The molecule has 0 bridgehead atoms. The third-order valence-corrected chi connectivity index (χ3v) is 4.57. The molecular formula is C16H17BrClN. The van der Waals surface area contributed by atoms with Gasteiger partial charge in [-0.15, -0.1) is 0 Å². The van der Waals surface area contributed by atoms with Crippen molar-refractivity contribution in [2.75, 3.05) is 5.32 Å². The van der Waals surface area contributed by atoms with Gasteiger partial charge in [-0.25, -0.2) is 0 Å². The molecule has 3 heteroatoms. The van der Waals surface area contributed by atoms with E-state index in [4.69, 9.17) is 11.6 Å². The van der Waals surface area contributed by atoms with Crippen LogP contribution in [-0.4, -0.2) is 0 Å². The molecule has 0 heterocycles. The molecule has 19 heavy (non-hydrogen) atoms. The summed E-state index contributed by atoms with van der Waals surface area (Å²) in [6.45, 7) is 7.27. The Balaban J connectivity index is 2.14. The molecule has 2 rings (SSSR count). The molecule has 1 N–H and O–H groups in total. The fourth-order valence-corrected chi connectivity index (χ4v) is 2.51. The molecule has 0 fully saturated rings. The smallest absolute Gasteiger partial charge is 0.0549 e. The Morgan fingerprint density at radius 2 is 1.68 bits per heavy atom. The lowest BCUT2D eigenvalue weighted by Gasteiger charge is -2.12. The van der Waals surface area contributed by atoms with Crippen LogP contribution < -0.4 is 5.32 Å². The Bertz CT molecular complexity index is 608. The zero-order valence-electron chi connectivity index (χ0n) is 11.3. The number of hydrogen-bond donors (Lipinski definition) is 1. The summed E-state index contributed by atoms with van der Waals surface area (Å²) in [5, 5.41) is 4.16. The van der Waals surface area contributed by atoms with E-state index < -0.39 is 0 Å². The monoisotopic (exact) mass is 337 g/mol. The second-order valence-corrected chi connectivity index (χ2v) is 6.11. The van der Waals surface area contributed by atoms with Crippen molar-refractivity contribution in [1.29, 1.82) is 0 Å². The normalized spacial score (nSPS) is 10.6. The Kier molecular flexibility index (Phi) is 4.54. The van der Waals surface area contributed by atoms with Gasteiger partial charge in [0, 0.05) is 16.7 Å². The summed E-state index contributed by atoms with van der Waals surface area (Å²) in [4.78, 5) is 0. The van der Waals surface area contributed by atoms with Crippen molar-refractivity contribution in [2.24, 2.45) is 0 Å². The van der Waals surface area contributed by atoms with E-state index >= 15 is 0 Å². The Labute approximate surface area is 128 Å². The Morgan fingerprint density at radius 3 is 2.37 bits per heavy atom. The number of anilines is 1. The molecule has 0 atom stereocenters.